The Kier molecular flexibility index (Phi) is 3.61. The fourth-order valence-electron chi connectivity index (χ4n) is 4.11. The van der Waals surface area contributed by atoms with E-state index in [1.165, 1.54) is 12.3 Å². The van der Waals surface area contributed by atoms with Crippen LogP contribution < -0.4 is 4.57 Å². The second-order valence-electron chi connectivity index (χ2n) is 7.61. The third-order valence-corrected chi connectivity index (χ3v) is 5.65. The minimum atomic E-state index is -2.55. The first kappa shape index (κ1) is 15.8. The van der Waals surface area contributed by atoms with Gasteiger partial charge in [-0.05, 0) is 42.6 Å². The molecule has 3 nitrogen and oxygen atoms in total. The average Bonchev–Trinajstić information content (AvgIpc) is 3.16. The van der Waals surface area contributed by atoms with Gasteiger partial charge in [-0.3, -0.25) is 0 Å². The number of benzene rings is 3. The molecule has 31 heavy (non-hydrogen) atoms. The van der Waals surface area contributed by atoms with Crippen LogP contribution in [0, 0.1) is 26.2 Å². The van der Waals surface area contributed by atoms with Gasteiger partial charge in [-0.1, -0.05) is 42.5 Å². The minimum Gasteiger partial charge on any atom is -0.455 e. The quantitative estimate of drug-likeness (QED) is 0.226. The fraction of sp³-hybridized carbons (Fsp3) is 0.111. The van der Waals surface area contributed by atoms with Crippen LogP contribution >= 0.6 is 0 Å². The first-order valence-electron chi connectivity index (χ1n) is 11.3. The molecular weight excluding hydrogens is 387 g/mol. The van der Waals surface area contributed by atoms with Gasteiger partial charge in [0.1, 0.15) is 24.0 Å². The molecule has 0 fully saturated rings. The van der Waals surface area contributed by atoms with E-state index in [1.54, 1.807) is 11.6 Å². The van der Waals surface area contributed by atoms with Gasteiger partial charge in [0.05, 0.1) is 12.1 Å². The molecule has 0 aliphatic heterocycles. The summed E-state index contributed by atoms with van der Waals surface area (Å²) in [6.07, 6.45) is 1.31. The average molecular weight is 410 g/mol. The molecule has 4 heteroatoms. The zero-order chi connectivity index (χ0) is 24.2. The number of fused-ring (bicyclic) bond motifs is 3. The third kappa shape index (κ3) is 2.98. The molecule has 0 amide bonds. The van der Waals surface area contributed by atoms with Crippen molar-refractivity contribution in [1.29, 1.82) is 0 Å². The number of rotatable bonds is 2. The van der Waals surface area contributed by atoms with Crippen LogP contribution in [-0.4, -0.2) is 0 Å². The van der Waals surface area contributed by atoms with Crippen molar-refractivity contribution in [2.24, 2.45) is 7.05 Å². The Morgan fingerprint density at radius 2 is 1.84 bits per heavy atom. The monoisotopic (exact) mass is 410 g/mol. The van der Waals surface area contributed by atoms with Crippen LogP contribution in [0.4, 0.5) is 10.1 Å². The van der Waals surface area contributed by atoms with Crippen LogP contribution in [-0.2, 0) is 7.05 Å². The van der Waals surface area contributed by atoms with E-state index in [4.69, 9.17) is 15.1 Å². The lowest BCUT2D eigenvalue weighted by atomic mass is 9.98. The highest BCUT2D eigenvalue weighted by Crippen LogP contribution is 2.42. The molecule has 0 N–H and O–H groups in total. The van der Waals surface area contributed by atoms with E-state index in [1.807, 2.05) is 61.5 Å². The van der Waals surface area contributed by atoms with E-state index in [2.05, 4.69) is 4.85 Å². The minimum absolute atomic E-state index is 0.331. The summed E-state index contributed by atoms with van der Waals surface area (Å²) in [5, 5.41) is 1.60. The highest BCUT2D eigenvalue weighted by atomic mass is 19.1. The molecule has 0 unspecified atom stereocenters. The number of hydrogen-bond acceptors (Lipinski definition) is 1. The van der Waals surface area contributed by atoms with Crippen molar-refractivity contribution in [2.75, 3.05) is 0 Å². The molecule has 5 rings (SSSR count). The largest absolute Gasteiger partial charge is 0.455 e. The first-order chi connectivity index (χ1) is 16.2. The Hall–Kier alpha value is -3.97. The smallest absolute Gasteiger partial charge is 0.219 e. The van der Waals surface area contributed by atoms with Crippen LogP contribution in [0.1, 0.15) is 15.2 Å². The summed E-state index contributed by atoms with van der Waals surface area (Å²) in [4.78, 5) is 3.74. The van der Waals surface area contributed by atoms with Crippen LogP contribution in [0.15, 0.2) is 71.3 Å². The van der Waals surface area contributed by atoms with Gasteiger partial charge in [0.15, 0.2) is 11.9 Å². The van der Waals surface area contributed by atoms with Crippen LogP contribution in [0.25, 0.3) is 49.2 Å². The van der Waals surface area contributed by atoms with Gasteiger partial charge in [0, 0.05) is 26.5 Å². The SMILES string of the molecule is [2H]C([2H])([2H])c1c[n+](C)c(-c2c(C)ccc3c2oc2cc(-c4ccccc4)c([N+]#[C-])cc23)cc1F. The zero-order valence-corrected chi connectivity index (χ0v) is 17.0. The highest BCUT2D eigenvalue weighted by Gasteiger charge is 2.23. The van der Waals surface area contributed by atoms with E-state index < -0.39 is 12.7 Å². The molecule has 0 saturated carbocycles. The van der Waals surface area contributed by atoms with Crippen molar-refractivity contribution in [3.8, 4) is 22.4 Å². The molecule has 0 aliphatic carbocycles. The van der Waals surface area contributed by atoms with Crippen LogP contribution in [0.3, 0.4) is 0 Å². The van der Waals surface area contributed by atoms with Crippen LogP contribution in [0.5, 0.6) is 0 Å². The highest BCUT2D eigenvalue weighted by molar-refractivity contribution is 6.12. The lowest BCUT2D eigenvalue weighted by molar-refractivity contribution is -0.661. The van der Waals surface area contributed by atoms with Crippen molar-refractivity contribution >= 4 is 27.6 Å². The molecule has 2 aromatic heterocycles. The first-order valence-corrected chi connectivity index (χ1v) is 9.82. The van der Waals surface area contributed by atoms with E-state index >= 15 is 0 Å². The molecule has 0 bridgehead atoms. The summed E-state index contributed by atoms with van der Waals surface area (Å²) >= 11 is 0. The molecule has 0 spiro atoms. The molecule has 3 aromatic carbocycles. The summed E-state index contributed by atoms with van der Waals surface area (Å²) in [5.74, 6) is -0.790. The molecule has 5 aromatic rings. The summed E-state index contributed by atoms with van der Waals surface area (Å²) in [6.45, 7) is 7.06. The fourth-order valence-corrected chi connectivity index (χ4v) is 4.11. The van der Waals surface area contributed by atoms with Crippen molar-refractivity contribution < 1.29 is 17.5 Å². The van der Waals surface area contributed by atoms with Crippen molar-refractivity contribution in [1.82, 2.24) is 0 Å². The van der Waals surface area contributed by atoms with E-state index in [-0.39, 0.29) is 5.56 Å². The van der Waals surface area contributed by atoms with Gasteiger partial charge in [-0.25, -0.2) is 13.8 Å². The molecule has 0 radical (unpaired) electrons. The number of hydrogen-bond donors (Lipinski definition) is 0. The predicted octanol–water partition coefficient (Wildman–Crippen LogP) is 7.05. The number of nitrogens with zero attached hydrogens (tertiary/aromatic N) is 2. The molecule has 150 valence electrons. The maximum atomic E-state index is 14.9. The number of aryl methyl sites for hydroxylation is 3. The van der Waals surface area contributed by atoms with E-state index in [0.29, 0.717) is 28.1 Å². The Balaban J connectivity index is 1.81. The Labute approximate surface area is 184 Å². The summed E-state index contributed by atoms with van der Waals surface area (Å²) in [6, 6.07) is 18.5. The van der Waals surface area contributed by atoms with Gasteiger partial charge in [-0.2, -0.15) is 0 Å². The Bertz CT molecular complexity index is 1630. The second-order valence-corrected chi connectivity index (χ2v) is 7.61. The second kappa shape index (κ2) is 7.07. The van der Waals surface area contributed by atoms with Gasteiger partial charge in [-0.15, -0.1) is 0 Å². The third-order valence-electron chi connectivity index (χ3n) is 5.65. The number of furan rings is 1. The molecule has 0 atom stereocenters. The van der Waals surface area contributed by atoms with Crippen LogP contribution in [0.2, 0.25) is 0 Å². The van der Waals surface area contributed by atoms with Gasteiger partial charge >= 0.3 is 0 Å². The molecule has 2 heterocycles. The van der Waals surface area contributed by atoms with E-state index in [0.717, 1.165) is 27.5 Å². The predicted molar refractivity (Wildman–Crippen MR) is 121 cm³/mol. The maximum Gasteiger partial charge on any atom is 0.219 e. The molecular formula is C27H20FN2O+. The van der Waals surface area contributed by atoms with Crippen molar-refractivity contribution in [3.63, 3.8) is 0 Å². The van der Waals surface area contributed by atoms with Gasteiger partial charge in [0.25, 0.3) is 0 Å². The topological polar surface area (TPSA) is 21.4 Å². The lowest BCUT2D eigenvalue weighted by Crippen LogP contribution is -2.31. The number of halogens is 1. The van der Waals surface area contributed by atoms with E-state index in [9.17, 15) is 4.39 Å². The summed E-state index contributed by atoms with van der Waals surface area (Å²) in [5.41, 5.74) is 5.10. The van der Waals surface area contributed by atoms with Gasteiger partial charge < -0.3 is 4.42 Å². The lowest BCUT2D eigenvalue weighted by Gasteiger charge is -2.06. The molecule has 0 aliphatic rings. The van der Waals surface area contributed by atoms with Crippen molar-refractivity contribution in [2.45, 2.75) is 13.8 Å². The summed E-state index contributed by atoms with van der Waals surface area (Å²) in [7, 11) is 1.69. The normalized spacial score (nSPS) is 13.0. The van der Waals surface area contributed by atoms with Gasteiger partial charge in [0.2, 0.25) is 5.69 Å². The summed E-state index contributed by atoms with van der Waals surface area (Å²) < 4.78 is 45.6. The van der Waals surface area contributed by atoms with Crippen molar-refractivity contribution in [3.05, 3.63) is 95.2 Å². The molecule has 0 saturated heterocycles. The Morgan fingerprint density at radius 3 is 2.58 bits per heavy atom. The zero-order valence-electron chi connectivity index (χ0n) is 20.0. The Morgan fingerprint density at radius 1 is 1.03 bits per heavy atom. The number of aromatic nitrogens is 1. The number of pyridine rings is 1. The maximum absolute atomic E-state index is 14.9. The standard InChI is InChI=1S/C27H20FN2O/c1-16-10-11-19-21-12-23(29-3)20(18-8-6-5-7-9-18)13-25(21)31-27(19)26(16)24-14-22(28)17(2)15-30(24)4/h5-15H,1-2,4H3/q+1/i2D3.